The Morgan fingerprint density at radius 3 is 1.95 bits per heavy atom. The highest BCUT2D eigenvalue weighted by Gasteiger charge is 2.55. The maximum atomic E-state index is 11.9. The molecule has 5 rings (SSSR count). The molecule has 0 aliphatic carbocycles. The molecule has 1 aromatic heterocycles. The molecule has 202 valence electrons. The quantitative estimate of drug-likeness (QED) is 0.188. The summed E-state index contributed by atoms with van der Waals surface area (Å²) in [4.78, 5) is 10.9. The summed E-state index contributed by atoms with van der Waals surface area (Å²) in [5.41, 5.74) is 1.76. The normalized spacial score (nSPS) is 19.9. The monoisotopic (exact) mass is 530 g/mol. The van der Waals surface area contributed by atoms with Gasteiger partial charge in [-0.2, -0.15) is 0 Å². The number of rotatable bonds is 9. The second-order valence-corrected chi connectivity index (χ2v) is 9.47. The van der Waals surface area contributed by atoms with Crippen LogP contribution in [0.2, 0.25) is 0 Å². The second-order valence-electron chi connectivity index (χ2n) is 9.47. The molecular weight excluding hydrogens is 500 g/mol. The van der Waals surface area contributed by atoms with Crippen LogP contribution in [0.1, 0.15) is 22.9 Å². The third-order valence-electron chi connectivity index (χ3n) is 7.62. The Morgan fingerprint density at radius 1 is 0.897 bits per heavy atom. The standard InChI is InChI=1S/C30H30N2O7/c1-37-23-14-10-21(11-15-23)30(20-7-4-3-5-8-20,22-12-16-24(38-2)17-13-22)25-19-39-28(27(25)33)29(34)31-18-6-9-26(31)32(35)36/h3-18,25,27-29,33-34H,19H2,1-2H3/t25-,27+,28+,29?/m1/s1. The lowest BCUT2D eigenvalue weighted by Gasteiger charge is -2.42. The number of hydrogen-bond acceptors (Lipinski definition) is 7. The first kappa shape index (κ1) is 26.4. The Labute approximate surface area is 226 Å². The van der Waals surface area contributed by atoms with Gasteiger partial charge in [0.25, 0.3) is 0 Å². The zero-order valence-electron chi connectivity index (χ0n) is 21.6. The van der Waals surface area contributed by atoms with Crippen LogP contribution in [0.15, 0.2) is 97.2 Å². The lowest BCUT2D eigenvalue weighted by Crippen LogP contribution is -2.46. The average Bonchev–Trinajstić information content (AvgIpc) is 3.62. The minimum absolute atomic E-state index is 0.0882. The van der Waals surface area contributed by atoms with Crippen molar-refractivity contribution in [2.24, 2.45) is 5.92 Å². The van der Waals surface area contributed by atoms with Crippen LogP contribution < -0.4 is 9.47 Å². The zero-order chi connectivity index (χ0) is 27.6. The summed E-state index contributed by atoms with van der Waals surface area (Å²) in [6, 6.07) is 27.9. The van der Waals surface area contributed by atoms with E-state index in [0.29, 0.717) is 11.5 Å². The van der Waals surface area contributed by atoms with Gasteiger partial charge in [-0.3, -0.25) is 0 Å². The van der Waals surface area contributed by atoms with E-state index in [2.05, 4.69) is 0 Å². The van der Waals surface area contributed by atoms with Gasteiger partial charge in [0.2, 0.25) is 6.23 Å². The van der Waals surface area contributed by atoms with Crippen LogP contribution in [0.5, 0.6) is 11.5 Å². The lowest BCUT2D eigenvalue weighted by atomic mass is 9.60. The Bertz CT molecular complexity index is 1360. The van der Waals surface area contributed by atoms with Gasteiger partial charge in [-0.15, -0.1) is 0 Å². The Kier molecular flexibility index (Phi) is 7.38. The molecule has 1 aliphatic rings. The van der Waals surface area contributed by atoms with Gasteiger partial charge in [0.05, 0.1) is 38.5 Å². The fourth-order valence-electron chi connectivity index (χ4n) is 5.76. The van der Waals surface area contributed by atoms with E-state index < -0.39 is 34.7 Å². The van der Waals surface area contributed by atoms with E-state index in [1.165, 1.54) is 18.3 Å². The molecule has 4 aromatic rings. The molecule has 1 fully saturated rings. The van der Waals surface area contributed by atoms with Crippen LogP contribution in [0.25, 0.3) is 0 Å². The summed E-state index contributed by atoms with van der Waals surface area (Å²) in [5.74, 6) is 0.510. The van der Waals surface area contributed by atoms with E-state index >= 15 is 0 Å². The SMILES string of the molecule is COc1ccc(C(c2ccccc2)(c2ccc(OC)cc2)[C@@H]2CO[C@H](C(O)n3cccc3[N+](=O)[O-])[C@H]2O)cc1. The molecular formula is C30H30N2O7. The lowest BCUT2D eigenvalue weighted by molar-refractivity contribution is -0.394. The predicted molar refractivity (Wildman–Crippen MR) is 144 cm³/mol. The molecule has 0 amide bonds. The van der Waals surface area contributed by atoms with Crippen molar-refractivity contribution in [1.82, 2.24) is 4.57 Å². The van der Waals surface area contributed by atoms with Crippen LogP contribution >= 0.6 is 0 Å². The largest absolute Gasteiger partial charge is 0.497 e. The molecule has 0 bridgehead atoms. The number of nitro groups is 1. The molecule has 9 heteroatoms. The second kappa shape index (κ2) is 10.9. The fraction of sp³-hybridized carbons (Fsp3) is 0.267. The summed E-state index contributed by atoms with van der Waals surface area (Å²) in [7, 11) is 3.20. The highest BCUT2D eigenvalue weighted by molar-refractivity contribution is 5.54. The minimum atomic E-state index is -1.47. The maximum Gasteiger partial charge on any atom is 0.325 e. The van der Waals surface area contributed by atoms with E-state index in [-0.39, 0.29) is 12.4 Å². The van der Waals surface area contributed by atoms with Crippen molar-refractivity contribution >= 4 is 5.82 Å². The van der Waals surface area contributed by atoms with E-state index in [4.69, 9.17) is 14.2 Å². The first-order valence-corrected chi connectivity index (χ1v) is 12.5. The van der Waals surface area contributed by atoms with Crippen LogP contribution in [0.4, 0.5) is 5.82 Å². The third kappa shape index (κ3) is 4.54. The van der Waals surface area contributed by atoms with Crippen molar-refractivity contribution in [3.8, 4) is 11.5 Å². The van der Waals surface area contributed by atoms with Crippen molar-refractivity contribution in [3.05, 3.63) is 124 Å². The van der Waals surface area contributed by atoms with Crippen molar-refractivity contribution in [3.63, 3.8) is 0 Å². The summed E-state index contributed by atoms with van der Waals surface area (Å²) in [6.07, 6.45) is -2.36. The number of aliphatic hydroxyl groups is 2. The summed E-state index contributed by atoms with van der Waals surface area (Å²) in [6.45, 7) is 0.0882. The van der Waals surface area contributed by atoms with Gasteiger partial charge in [0, 0.05) is 12.0 Å². The van der Waals surface area contributed by atoms with Crippen molar-refractivity contribution in [2.75, 3.05) is 20.8 Å². The van der Waals surface area contributed by atoms with E-state index in [9.17, 15) is 20.3 Å². The van der Waals surface area contributed by atoms with E-state index in [1.54, 1.807) is 14.2 Å². The molecule has 1 saturated heterocycles. The van der Waals surface area contributed by atoms with Crippen molar-refractivity contribution in [1.29, 1.82) is 0 Å². The number of benzene rings is 3. The molecule has 39 heavy (non-hydrogen) atoms. The average molecular weight is 531 g/mol. The van der Waals surface area contributed by atoms with E-state index in [0.717, 1.165) is 21.3 Å². The smallest absolute Gasteiger partial charge is 0.325 e. The van der Waals surface area contributed by atoms with Crippen molar-refractivity contribution in [2.45, 2.75) is 23.9 Å². The number of hydrogen-bond donors (Lipinski definition) is 2. The van der Waals surface area contributed by atoms with Gasteiger partial charge in [-0.1, -0.05) is 54.6 Å². The van der Waals surface area contributed by atoms with Crippen LogP contribution in [-0.2, 0) is 10.2 Å². The van der Waals surface area contributed by atoms with Gasteiger partial charge in [0.15, 0.2) is 0 Å². The summed E-state index contributed by atoms with van der Waals surface area (Å²) < 4.78 is 18.0. The van der Waals surface area contributed by atoms with Gasteiger partial charge in [-0.05, 0) is 51.9 Å². The number of nitrogens with zero attached hydrogens (tertiary/aromatic N) is 2. The molecule has 1 aliphatic heterocycles. The molecule has 3 aromatic carbocycles. The maximum absolute atomic E-state index is 11.9. The minimum Gasteiger partial charge on any atom is -0.497 e. The molecule has 4 atom stereocenters. The molecule has 2 heterocycles. The topological polar surface area (TPSA) is 116 Å². The highest BCUT2D eigenvalue weighted by Crippen LogP contribution is 2.51. The Morgan fingerprint density at radius 2 is 1.44 bits per heavy atom. The fourth-order valence-corrected chi connectivity index (χ4v) is 5.76. The number of aliphatic hydroxyl groups excluding tert-OH is 2. The van der Waals surface area contributed by atoms with Crippen LogP contribution in [-0.4, -0.2) is 52.7 Å². The number of methoxy groups -OCH3 is 2. The molecule has 0 radical (unpaired) electrons. The zero-order valence-corrected chi connectivity index (χ0v) is 21.6. The molecule has 0 spiro atoms. The third-order valence-corrected chi connectivity index (χ3v) is 7.62. The van der Waals surface area contributed by atoms with Gasteiger partial charge in [0.1, 0.15) is 17.6 Å². The molecule has 0 saturated carbocycles. The number of aromatic nitrogens is 1. The Hall–Kier alpha value is -4.18. The first-order chi connectivity index (χ1) is 18.9. The van der Waals surface area contributed by atoms with Gasteiger partial charge in [-0.25, -0.2) is 4.57 Å². The summed E-state index contributed by atoms with van der Waals surface area (Å²) >= 11 is 0. The molecule has 1 unspecified atom stereocenters. The predicted octanol–water partition coefficient (Wildman–Crippen LogP) is 4.31. The van der Waals surface area contributed by atoms with Gasteiger partial charge < -0.3 is 34.5 Å². The van der Waals surface area contributed by atoms with E-state index in [1.807, 2.05) is 78.9 Å². The highest BCUT2D eigenvalue weighted by atomic mass is 16.6. The first-order valence-electron chi connectivity index (χ1n) is 12.5. The number of ether oxygens (including phenoxy) is 3. The summed E-state index contributed by atoms with van der Waals surface area (Å²) in [5, 5.41) is 34.5. The van der Waals surface area contributed by atoms with Crippen LogP contribution in [0.3, 0.4) is 0 Å². The van der Waals surface area contributed by atoms with Gasteiger partial charge >= 0.3 is 5.82 Å². The van der Waals surface area contributed by atoms with Crippen molar-refractivity contribution < 1.29 is 29.3 Å². The molecule has 9 nitrogen and oxygen atoms in total. The van der Waals surface area contributed by atoms with Crippen LogP contribution in [0, 0.1) is 16.0 Å². The Balaban J connectivity index is 1.68. The molecule has 2 N–H and O–H groups in total.